The Kier molecular flexibility index (Phi) is 5.68. The molecule has 0 saturated carbocycles. The summed E-state index contributed by atoms with van der Waals surface area (Å²) in [5.41, 5.74) is 1.19. The van der Waals surface area contributed by atoms with Crippen molar-refractivity contribution in [3.63, 3.8) is 0 Å². The molecular formula is C15H21ClN2O2. The Hall–Kier alpha value is -1.26. The number of benzene rings is 1. The zero-order valence-corrected chi connectivity index (χ0v) is 12.5. The van der Waals surface area contributed by atoms with E-state index in [1.54, 1.807) is 0 Å². The average Bonchev–Trinajstić information content (AvgIpc) is 2.92. The summed E-state index contributed by atoms with van der Waals surface area (Å²) in [7, 11) is 0. The largest absolute Gasteiger partial charge is 0.372 e. The molecule has 1 aliphatic heterocycles. The number of carbonyl (C=O) groups is 1. The third-order valence-corrected chi connectivity index (χ3v) is 3.75. The van der Waals surface area contributed by atoms with Crippen LogP contribution < -0.4 is 10.2 Å². The van der Waals surface area contributed by atoms with Gasteiger partial charge in [0.2, 0.25) is 5.91 Å². The highest BCUT2D eigenvalue weighted by atomic mass is 35.5. The number of carbonyl (C=O) groups excluding carboxylic acids is 1. The molecule has 1 heterocycles. The molecule has 1 saturated heterocycles. The first-order valence-electron chi connectivity index (χ1n) is 7.04. The summed E-state index contributed by atoms with van der Waals surface area (Å²) in [5.74, 6) is 0.466. The minimum atomic E-state index is -0.0307. The number of ether oxygens (including phenoxy) is 1. The van der Waals surface area contributed by atoms with Gasteiger partial charge in [0.25, 0.3) is 0 Å². The van der Waals surface area contributed by atoms with Gasteiger partial charge in [-0.3, -0.25) is 4.79 Å². The van der Waals surface area contributed by atoms with Crippen LogP contribution >= 0.6 is 11.6 Å². The third-order valence-electron chi connectivity index (χ3n) is 3.50. The summed E-state index contributed by atoms with van der Waals surface area (Å²) in [6, 6.07) is 7.90. The second-order valence-corrected chi connectivity index (χ2v) is 5.45. The minimum absolute atomic E-state index is 0.0307. The number of rotatable bonds is 6. The smallest absolute Gasteiger partial charge is 0.246 e. The lowest BCUT2D eigenvalue weighted by molar-refractivity contribution is -0.125. The first-order chi connectivity index (χ1) is 9.69. The molecule has 1 aromatic rings. The number of halogens is 1. The highest BCUT2D eigenvalue weighted by Gasteiger charge is 2.22. The Labute approximate surface area is 125 Å². The number of hydrogen-bond donors (Lipinski definition) is 1. The van der Waals surface area contributed by atoms with Gasteiger partial charge in [-0.05, 0) is 43.5 Å². The van der Waals surface area contributed by atoms with Gasteiger partial charge in [-0.2, -0.15) is 0 Å². The molecule has 1 fully saturated rings. The van der Waals surface area contributed by atoms with Crippen LogP contribution in [0.1, 0.15) is 13.3 Å². The minimum Gasteiger partial charge on any atom is -0.372 e. The number of hydrogen-bond acceptors (Lipinski definition) is 3. The molecule has 0 aliphatic carbocycles. The van der Waals surface area contributed by atoms with Crippen molar-refractivity contribution in [2.75, 3.05) is 37.7 Å². The van der Waals surface area contributed by atoms with Crippen molar-refractivity contribution in [3.8, 4) is 0 Å². The van der Waals surface area contributed by atoms with Crippen molar-refractivity contribution in [1.82, 2.24) is 5.32 Å². The maximum Gasteiger partial charge on any atom is 0.246 e. The summed E-state index contributed by atoms with van der Waals surface area (Å²) in [6.45, 7) is 5.32. The van der Waals surface area contributed by atoms with Crippen LogP contribution in [0.2, 0.25) is 5.02 Å². The molecule has 1 aromatic carbocycles. The van der Waals surface area contributed by atoms with Crippen molar-refractivity contribution in [1.29, 1.82) is 0 Å². The third kappa shape index (κ3) is 4.39. The zero-order chi connectivity index (χ0) is 14.4. The Morgan fingerprint density at radius 1 is 1.45 bits per heavy atom. The van der Waals surface area contributed by atoms with E-state index in [9.17, 15) is 4.79 Å². The lowest BCUT2D eigenvalue weighted by atomic mass is 10.1. The lowest BCUT2D eigenvalue weighted by Crippen LogP contribution is -2.33. The van der Waals surface area contributed by atoms with Crippen molar-refractivity contribution in [2.45, 2.75) is 13.3 Å². The fourth-order valence-corrected chi connectivity index (χ4v) is 2.52. The van der Waals surface area contributed by atoms with Crippen LogP contribution in [0.25, 0.3) is 0 Å². The number of nitrogens with zero attached hydrogens (tertiary/aromatic N) is 1. The molecular weight excluding hydrogens is 276 g/mol. The molecule has 110 valence electrons. The summed E-state index contributed by atoms with van der Waals surface area (Å²) in [6.07, 6.45) is 1.09. The topological polar surface area (TPSA) is 41.6 Å². The second kappa shape index (κ2) is 7.50. The molecule has 0 spiro atoms. The first-order valence-corrected chi connectivity index (χ1v) is 7.41. The predicted octanol–water partition coefficient (Wildman–Crippen LogP) is 2.32. The second-order valence-electron chi connectivity index (χ2n) is 5.02. The normalized spacial score (nSPS) is 18.3. The van der Waals surface area contributed by atoms with Gasteiger partial charge in [-0.15, -0.1) is 0 Å². The first kappa shape index (κ1) is 15.1. The van der Waals surface area contributed by atoms with Gasteiger partial charge < -0.3 is 15.0 Å². The molecule has 5 heteroatoms. The molecule has 0 radical (unpaired) electrons. The van der Waals surface area contributed by atoms with Gasteiger partial charge in [-0.1, -0.05) is 11.6 Å². The average molecular weight is 297 g/mol. The van der Waals surface area contributed by atoms with E-state index in [-0.39, 0.29) is 12.5 Å². The fourth-order valence-electron chi connectivity index (χ4n) is 2.39. The standard InChI is InChI=1S/C15H21ClN2O2/c1-2-20-11-15(19)17-9-12-7-8-18(10-12)14-5-3-13(16)4-6-14/h3-6,12H,2,7-11H2,1H3,(H,17,19). The molecule has 1 atom stereocenters. The van der Waals surface area contributed by atoms with Crippen LogP contribution in [0.3, 0.4) is 0 Å². The molecule has 1 aliphatic rings. The molecule has 0 aromatic heterocycles. The molecule has 1 unspecified atom stereocenters. The van der Waals surface area contributed by atoms with E-state index < -0.39 is 0 Å². The van der Waals surface area contributed by atoms with Crippen molar-refractivity contribution in [3.05, 3.63) is 29.3 Å². The molecule has 4 nitrogen and oxygen atoms in total. The highest BCUT2D eigenvalue weighted by Crippen LogP contribution is 2.24. The van der Waals surface area contributed by atoms with Gasteiger partial charge in [0.15, 0.2) is 0 Å². The van der Waals surface area contributed by atoms with Crippen molar-refractivity contribution < 1.29 is 9.53 Å². The van der Waals surface area contributed by atoms with E-state index >= 15 is 0 Å². The monoisotopic (exact) mass is 296 g/mol. The van der Waals surface area contributed by atoms with E-state index in [0.717, 1.165) is 31.1 Å². The summed E-state index contributed by atoms with van der Waals surface area (Å²) >= 11 is 5.90. The fraction of sp³-hybridized carbons (Fsp3) is 0.533. The van der Waals surface area contributed by atoms with Gasteiger partial charge in [0, 0.05) is 37.0 Å². The van der Waals surface area contributed by atoms with Gasteiger partial charge >= 0.3 is 0 Å². The van der Waals surface area contributed by atoms with E-state index in [2.05, 4.69) is 10.2 Å². The highest BCUT2D eigenvalue weighted by molar-refractivity contribution is 6.30. The number of anilines is 1. The van der Waals surface area contributed by atoms with Gasteiger partial charge in [0.1, 0.15) is 6.61 Å². The van der Waals surface area contributed by atoms with E-state index in [1.165, 1.54) is 5.69 Å². The Morgan fingerprint density at radius 2 is 2.20 bits per heavy atom. The Balaban J connectivity index is 1.75. The van der Waals surface area contributed by atoms with Crippen LogP contribution in [0.15, 0.2) is 24.3 Å². The van der Waals surface area contributed by atoms with Crippen molar-refractivity contribution >= 4 is 23.2 Å². The molecule has 2 rings (SSSR count). The van der Waals surface area contributed by atoms with E-state index in [0.29, 0.717) is 12.5 Å². The van der Waals surface area contributed by atoms with Crippen LogP contribution in [0.5, 0.6) is 0 Å². The summed E-state index contributed by atoms with van der Waals surface area (Å²) < 4.78 is 5.08. The maximum atomic E-state index is 11.5. The number of nitrogens with one attached hydrogen (secondary N) is 1. The van der Waals surface area contributed by atoms with Crippen molar-refractivity contribution in [2.24, 2.45) is 5.92 Å². The molecule has 1 amide bonds. The maximum absolute atomic E-state index is 11.5. The van der Waals surface area contributed by atoms with E-state index in [1.807, 2.05) is 31.2 Å². The quantitative estimate of drug-likeness (QED) is 0.876. The van der Waals surface area contributed by atoms with Crippen LogP contribution in [0, 0.1) is 5.92 Å². The lowest BCUT2D eigenvalue weighted by Gasteiger charge is -2.19. The summed E-state index contributed by atoms with van der Waals surface area (Å²) in [5, 5.41) is 3.69. The Bertz CT molecular complexity index is 436. The molecule has 0 bridgehead atoms. The summed E-state index contributed by atoms with van der Waals surface area (Å²) in [4.78, 5) is 13.8. The number of amides is 1. The van der Waals surface area contributed by atoms with Crippen LogP contribution in [-0.4, -0.2) is 38.8 Å². The zero-order valence-electron chi connectivity index (χ0n) is 11.8. The van der Waals surface area contributed by atoms with Gasteiger partial charge in [-0.25, -0.2) is 0 Å². The molecule has 1 N–H and O–H groups in total. The van der Waals surface area contributed by atoms with E-state index in [4.69, 9.17) is 16.3 Å². The van der Waals surface area contributed by atoms with Gasteiger partial charge in [0.05, 0.1) is 0 Å². The Morgan fingerprint density at radius 3 is 2.90 bits per heavy atom. The molecule has 20 heavy (non-hydrogen) atoms. The van der Waals surface area contributed by atoms with Crippen LogP contribution in [0.4, 0.5) is 5.69 Å². The SMILES string of the molecule is CCOCC(=O)NCC1CCN(c2ccc(Cl)cc2)C1. The van der Waals surface area contributed by atoms with Crippen LogP contribution in [-0.2, 0) is 9.53 Å². The predicted molar refractivity (Wildman–Crippen MR) is 81.3 cm³/mol.